The molecule has 2 N–H and O–H groups in total. The molecule has 0 saturated carbocycles. The van der Waals surface area contributed by atoms with Crippen LogP contribution in [-0.2, 0) is 23.7 Å². The van der Waals surface area contributed by atoms with Gasteiger partial charge in [0.15, 0.2) is 0 Å². The molecule has 2 heteroatoms. The van der Waals surface area contributed by atoms with Crippen LogP contribution >= 0.6 is 0 Å². The zero-order valence-corrected chi connectivity index (χ0v) is 29.8. The Kier molecular flexibility index (Phi) is 15.7. The summed E-state index contributed by atoms with van der Waals surface area (Å²) in [7, 11) is 0. The number of benzene rings is 2. The number of aromatic hydroxyl groups is 2. The Hall–Kier alpha value is -1.96. The molecule has 2 aromatic carbocycles. The number of phenols is 2. The van der Waals surface area contributed by atoms with Gasteiger partial charge in [-0.3, -0.25) is 0 Å². The maximum Gasteiger partial charge on any atom is 0.123 e. The molecule has 0 aliphatic rings. The van der Waals surface area contributed by atoms with E-state index in [1.807, 2.05) is 0 Å². The third kappa shape index (κ3) is 11.8. The molecular formula is C41H68O2. The van der Waals surface area contributed by atoms with Crippen LogP contribution in [-0.4, -0.2) is 10.2 Å². The average molecular weight is 593 g/mol. The van der Waals surface area contributed by atoms with E-state index < -0.39 is 0 Å². The van der Waals surface area contributed by atoms with Gasteiger partial charge in [-0.15, -0.1) is 0 Å². The molecular weight excluding hydrogens is 524 g/mol. The second kappa shape index (κ2) is 18.1. The highest BCUT2D eigenvalue weighted by Gasteiger charge is 2.29. The van der Waals surface area contributed by atoms with E-state index >= 15 is 0 Å². The molecule has 43 heavy (non-hydrogen) atoms. The van der Waals surface area contributed by atoms with Crippen molar-refractivity contribution in [2.75, 3.05) is 0 Å². The topological polar surface area (TPSA) is 40.5 Å². The quantitative estimate of drug-likeness (QED) is 0.159. The van der Waals surface area contributed by atoms with E-state index in [9.17, 15) is 10.2 Å². The first-order chi connectivity index (χ1) is 20.3. The van der Waals surface area contributed by atoms with Crippen molar-refractivity contribution in [3.63, 3.8) is 0 Å². The molecule has 0 radical (unpaired) electrons. The van der Waals surface area contributed by atoms with Crippen LogP contribution < -0.4 is 0 Å². The van der Waals surface area contributed by atoms with Crippen molar-refractivity contribution in [1.29, 1.82) is 0 Å². The molecule has 0 aromatic heterocycles. The van der Waals surface area contributed by atoms with Crippen LogP contribution in [0.4, 0.5) is 0 Å². The van der Waals surface area contributed by atoms with E-state index in [4.69, 9.17) is 0 Å². The Balaban J connectivity index is 2.43. The lowest BCUT2D eigenvalue weighted by Gasteiger charge is -2.29. The van der Waals surface area contributed by atoms with Crippen molar-refractivity contribution in [2.24, 2.45) is 0 Å². The van der Waals surface area contributed by atoms with E-state index in [1.165, 1.54) is 101 Å². The number of unbranched alkanes of at least 4 members (excludes halogenated alkanes) is 12. The van der Waals surface area contributed by atoms with Crippen LogP contribution in [0.5, 0.6) is 11.5 Å². The van der Waals surface area contributed by atoms with Crippen LogP contribution in [0.3, 0.4) is 0 Å². The number of rotatable bonds is 19. The molecule has 0 aliphatic heterocycles. The predicted octanol–water partition coefficient (Wildman–Crippen LogP) is 12.8. The van der Waals surface area contributed by atoms with Crippen molar-refractivity contribution < 1.29 is 10.2 Å². The zero-order valence-electron chi connectivity index (χ0n) is 29.8. The Bertz CT molecular complexity index is 997. The molecule has 2 rings (SSSR count). The van der Waals surface area contributed by atoms with Gasteiger partial charge in [-0.05, 0) is 65.2 Å². The minimum atomic E-state index is -0.162. The number of hydrogen-bond acceptors (Lipinski definition) is 2. The molecule has 0 aliphatic carbocycles. The monoisotopic (exact) mass is 593 g/mol. The van der Waals surface area contributed by atoms with E-state index in [0.29, 0.717) is 11.5 Å². The average Bonchev–Trinajstić information content (AvgIpc) is 2.93. The minimum absolute atomic E-state index is 0.0508. The molecule has 244 valence electrons. The molecule has 0 spiro atoms. The lowest BCUT2D eigenvalue weighted by molar-refractivity contribution is 0.426. The van der Waals surface area contributed by atoms with Gasteiger partial charge in [0.05, 0.1) is 0 Å². The molecule has 0 atom stereocenters. The summed E-state index contributed by atoms with van der Waals surface area (Å²) in [5, 5.41) is 23.5. The number of aryl methyl sites for hydroxylation is 2. The standard InChI is InChI=1S/C41H68O2/c1-10-13-15-17-19-21-23-25-31-27-34(38(42)36(29-31)40(4,5)6)33(12-3)35-28-32(26-24-22-20-18-16-14-11-2)30-37(39(35)43)41(7,8)9/h27-30,33,42-43H,10-26H2,1-9H3. The molecule has 0 unspecified atom stereocenters. The van der Waals surface area contributed by atoms with Crippen molar-refractivity contribution in [1.82, 2.24) is 0 Å². The smallest absolute Gasteiger partial charge is 0.123 e. The fraction of sp³-hybridized carbons (Fsp3) is 0.707. The summed E-state index contributed by atoms with van der Waals surface area (Å²) in [6, 6.07) is 9.02. The highest BCUT2D eigenvalue weighted by atomic mass is 16.3. The van der Waals surface area contributed by atoms with Crippen LogP contribution in [0.2, 0.25) is 0 Å². The van der Waals surface area contributed by atoms with Gasteiger partial charge in [-0.1, -0.05) is 164 Å². The van der Waals surface area contributed by atoms with Gasteiger partial charge in [0, 0.05) is 17.0 Å². The first-order valence-electron chi connectivity index (χ1n) is 18.1. The van der Waals surface area contributed by atoms with E-state index in [-0.39, 0.29) is 16.7 Å². The summed E-state index contributed by atoms with van der Waals surface area (Å²) < 4.78 is 0. The van der Waals surface area contributed by atoms with Gasteiger partial charge < -0.3 is 10.2 Å². The third-order valence-electron chi connectivity index (χ3n) is 9.31. The molecule has 0 bridgehead atoms. The summed E-state index contributed by atoms with van der Waals surface area (Å²) in [6.45, 7) is 19.9. The van der Waals surface area contributed by atoms with E-state index in [2.05, 4.69) is 86.6 Å². The highest BCUT2D eigenvalue weighted by molar-refractivity contribution is 5.56. The van der Waals surface area contributed by atoms with Crippen molar-refractivity contribution >= 4 is 0 Å². The Labute approximate surface area is 267 Å². The summed E-state index contributed by atoms with van der Waals surface area (Å²) in [4.78, 5) is 0. The molecule has 2 nitrogen and oxygen atoms in total. The lowest BCUT2D eigenvalue weighted by Crippen LogP contribution is -2.16. The summed E-state index contributed by atoms with van der Waals surface area (Å²) in [5.41, 5.74) is 6.33. The Morgan fingerprint density at radius 1 is 0.488 bits per heavy atom. The second-order valence-electron chi connectivity index (χ2n) is 15.4. The van der Waals surface area contributed by atoms with Crippen molar-refractivity contribution in [3.05, 3.63) is 57.6 Å². The normalized spacial score (nSPS) is 12.4. The molecule has 0 amide bonds. The third-order valence-corrected chi connectivity index (χ3v) is 9.31. The number of hydrogen-bond donors (Lipinski definition) is 2. The van der Waals surface area contributed by atoms with Gasteiger partial charge in [0.25, 0.3) is 0 Å². The Morgan fingerprint density at radius 2 is 0.814 bits per heavy atom. The van der Waals surface area contributed by atoms with Gasteiger partial charge >= 0.3 is 0 Å². The maximum atomic E-state index is 11.8. The van der Waals surface area contributed by atoms with Crippen LogP contribution in [0.1, 0.15) is 198 Å². The largest absolute Gasteiger partial charge is 0.507 e. The summed E-state index contributed by atoms with van der Waals surface area (Å²) >= 11 is 0. The van der Waals surface area contributed by atoms with Crippen LogP contribution in [0.15, 0.2) is 24.3 Å². The Morgan fingerprint density at radius 3 is 1.12 bits per heavy atom. The summed E-state index contributed by atoms with van der Waals surface area (Å²) in [6.07, 6.45) is 21.1. The fourth-order valence-corrected chi connectivity index (χ4v) is 6.58. The maximum absolute atomic E-state index is 11.8. The van der Waals surface area contributed by atoms with Crippen LogP contribution in [0.25, 0.3) is 0 Å². The molecule has 2 aromatic rings. The van der Waals surface area contributed by atoms with Gasteiger partial charge in [0.1, 0.15) is 11.5 Å². The SMILES string of the molecule is CCCCCCCCCc1cc(C(CC)c2cc(CCCCCCCCC)cc(C(C)(C)C)c2O)c(O)c(C(C)(C)C)c1. The number of phenolic OH excluding ortho intramolecular Hbond substituents is 2. The minimum Gasteiger partial charge on any atom is -0.507 e. The predicted molar refractivity (Wildman–Crippen MR) is 189 cm³/mol. The summed E-state index contributed by atoms with van der Waals surface area (Å²) in [5.74, 6) is 0.777. The zero-order chi connectivity index (χ0) is 32.0. The van der Waals surface area contributed by atoms with E-state index in [0.717, 1.165) is 41.5 Å². The molecule has 0 saturated heterocycles. The van der Waals surface area contributed by atoms with Crippen LogP contribution in [0, 0.1) is 0 Å². The lowest BCUT2D eigenvalue weighted by atomic mass is 9.77. The first-order valence-corrected chi connectivity index (χ1v) is 18.1. The molecule has 0 heterocycles. The van der Waals surface area contributed by atoms with Crippen molar-refractivity contribution in [3.8, 4) is 11.5 Å². The van der Waals surface area contributed by atoms with Gasteiger partial charge in [0.2, 0.25) is 0 Å². The fourth-order valence-electron chi connectivity index (χ4n) is 6.58. The van der Waals surface area contributed by atoms with Gasteiger partial charge in [-0.25, -0.2) is 0 Å². The van der Waals surface area contributed by atoms with Gasteiger partial charge in [-0.2, -0.15) is 0 Å². The molecule has 0 fully saturated rings. The first kappa shape index (κ1) is 37.2. The second-order valence-corrected chi connectivity index (χ2v) is 15.4. The highest BCUT2D eigenvalue weighted by Crippen LogP contribution is 2.46. The van der Waals surface area contributed by atoms with Crippen molar-refractivity contribution in [2.45, 2.75) is 188 Å². The van der Waals surface area contributed by atoms with E-state index in [1.54, 1.807) is 0 Å².